The van der Waals surface area contributed by atoms with Gasteiger partial charge in [-0.05, 0) is 11.7 Å². The standard InChI is InChI=1S/C13H15NO3/c1-8-9(2)12(15)11(13(16)17-3)14-7-5-4-6-10(8)14/h4-9H,1-3H3/t8-,9-/m0/s1. The first-order valence-corrected chi connectivity index (χ1v) is 5.58. The Kier molecular flexibility index (Phi) is 2.88. The van der Waals surface area contributed by atoms with E-state index in [0.29, 0.717) is 0 Å². The first kappa shape index (κ1) is 11.6. The first-order valence-electron chi connectivity index (χ1n) is 5.58. The summed E-state index contributed by atoms with van der Waals surface area (Å²) in [5.41, 5.74) is 1.06. The van der Waals surface area contributed by atoms with E-state index in [-0.39, 0.29) is 23.3 Å². The van der Waals surface area contributed by atoms with Gasteiger partial charge in [-0.15, -0.1) is 0 Å². The predicted molar refractivity (Wildman–Crippen MR) is 59.4 cm³/mol. The van der Waals surface area contributed by atoms with Crippen LogP contribution in [0.15, 0.2) is 30.2 Å². The van der Waals surface area contributed by atoms with Crippen LogP contribution in [0.3, 0.4) is 0 Å². The van der Waals surface area contributed by atoms with Crippen molar-refractivity contribution < 1.29 is 19.2 Å². The summed E-state index contributed by atoms with van der Waals surface area (Å²) in [7, 11) is 1.29. The molecule has 0 N–H and O–H groups in total. The molecule has 1 aliphatic heterocycles. The lowest BCUT2D eigenvalue weighted by molar-refractivity contribution is -0.599. The van der Waals surface area contributed by atoms with Gasteiger partial charge in [-0.2, -0.15) is 4.57 Å². The number of fused-ring (bicyclic) bond motifs is 1. The molecule has 17 heavy (non-hydrogen) atoms. The SMILES string of the molecule is COC(=O)C1=C([O-])[C@@H](C)[C@H](C)c2cccc[n+]21. The molecule has 2 rings (SSSR count). The molecule has 0 saturated carbocycles. The van der Waals surface area contributed by atoms with Crippen LogP contribution in [-0.2, 0) is 9.53 Å². The van der Waals surface area contributed by atoms with Crippen molar-refractivity contribution in [1.29, 1.82) is 0 Å². The van der Waals surface area contributed by atoms with E-state index in [4.69, 9.17) is 0 Å². The highest BCUT2D eigenvalue weighted by Gasteiger charge is 2.36. The van der Waals surface area contributed by atoms with Crippen LogP contribution < -0.4 is 9.67 Å². The van der Waals surface area contributed by atoms with E-state index in [0.717, 1.165) is 5.69 Å². The average molecular weight is 233 g/mol. The number of allylic oxidation sites excluding steroid dienone is 1. The molecule has 2 heterocycles. The third-order valence-electron chi connectivity index (χ3n) is 3.37. The summed E-state index contributed by atoms with van der Waals surface area (Å²) in [5, 5.41) is 12.1. The van der Waals surface area contributed by atoms with E-state index in [1.807, 2.05) is 26.0 Å². The second-order valence-corrected chi connectivity index (χ2v) is 4.28. The number of methoxy groups -OCH3 is 1. The van der Waals surface area contributed by atoms with Crippen LogP contribution in [0.2, 0.25) is 0 Å². The Balaban J connectivity index is 2.66. The smallest absolute Gasteiger partial charge is 0.402 e. The molecule has 1 aliphatic rings. The van der Waals surface area contributed by atoms with E-state index in [1.54, 1.807) is 16.8 Å². The van der Waals surface area contributed by atoms with E-state index in [1.165, 1.54) is 7.11 Å². The minimum atomic E-state index is -0.578. The first-order chi connectivity index (χ1) is 8.07. The van der Waals surface area contributed by atoms with Crippen molar-refractivity contribution in [3.8, 4) is 0 Å². The molecule has 0 aliphatic carbocycles. The van der Waals surface area contributed by atoms with Crippen LogP contribution in [0.4, 0.5) is 0 Å². The largest absolute Gasteiger partial charge is 0.871 e. The Morgan fingerprint density at radius 1 is 1.35 bits per heavy atom. The number of hydrogen-bond donors (Lipinski definition) is 0. The fourth-order valence-electron chi connectivity index (χ4n) is 2.14. The summed E-state index contributed by atoms with van der Waals surface area (Å²) < 4.78 is 6.32. The van der Waals surface area contributed by atoms with Crippen molar-refractivity contribution in [3.63, 3.8) is 0 Å². The monoisotopic (exact) mass is 233 g/mol. The van der Waals surface area contributed by atoms with Crippen LogP contribution in [0, 0.1) is 5.92 Å². The van der Waals surface area contributed by atoms with Crippen molar-refractivity contribution in [1.82, 2.24) is 0 Å². The Morgan fingerprint density at radius 3 is 2.71 bits per heavy atom. The predicted octanol–water partition coefficient (Wildman–Crippen LogP) is 0.429. The number of pyridine rings is 1. The number of rotatable bonds is 1. The van der Waals surface area contributed by atoms with Crippen molar-refractivity contribution >= 4 is 11.7 Å². The number of carbonyl (C=O) groups is 1. The van der Waals surface area contributed by atoms with Gasteiger partial charge in [0.2, 0.25) is 0 Å². The maximum Gasteiger partial charge on any atom is 0.402 e. The van der Waals surface area contributed by atoms with Gasteiger partial charge in [0.05, 0.1) is 7.11 Å². The van der Waals surface area contributed by atoms with Crippen LogP contribution in [-0.4, -0.2) is 13.1 Å². The van der Waals surface area contributed by atoms with Gasteiger partial charge in [0.25, 0.3) is 5.70 Å². The fourth-order valence-corrected chi connectivity index (χ4v) is 2.14. The molecular weight excluding hydrogens is 218 g/mol. The summed E-state index contributed by atoms with van der Waals surface area (Å²) in [6.45, 7) is 3.83. The summed E-state index contributed by atoms with van der Waals surface area (Å²) in [4.78, 5) is 11.7. The Labute approximate surface area is 100 Å². The van der Waals surface area contributed by atoms with Crippen molar-refractivity contribution in [2.75, 3.05) is 7.11 Å². The molecule has 0 amide bonds. The zero-order chi connectivity index (χ0) is 12.6. The van der Waals surface area contributed by atoms with Gasteiger partial charge in [-0.25, -0.2) is 4.79 Å². The minimum absolute atomic E-state index is 0.0945. The van der Waals surface area contributed by atoms with E-state index in [2.05, 4.69) is 4.74 Å². The zero-order valence-electron chi connectivity index (χ0n) is 10.1. The molecule has 1 aromatic rings. The van der Waals surface area contributed by atoms with E-state index < -0.39 is 5.97 Å². The quantitative estimate of drug-likeness (QED) is 0.522. The van der Waals surface area contributed by atoms with Crippen LogP contribution >= 0.6 is 0 Å². The second-order valence-electron chi connectivity index (χ2n) is 4.28. The second kappa shape index (κ2) is 4.20. The molecule has 1 aromatic heterocycles. The van der Waals surface area contributed by atoms with E-state index in [9.17, 15) is 9.90 Å². The lowest BCUT2D eigenvalue weighted by Gasteiger charge is -2.29. The molecule has 0 radical (unpaired) electrons. The normalized spacial score (nSPS) is 23.2. The molecule has 0 aromatic carbocycles. The third kappa shape index (κ3) is 1.69. The zero-order valence-corrected chi connectivity index (χ0v) is 10.1. The Morgan fingerprint density at radius 2 is 2.06 bits per heavy atom. The van der Waals surface area contributed by atoms with Gasteiger partial charge in [0.1, 0.15) is 0 Å². The fraction of sp³-hybridized carbons (Fsp3) is 0.385. The molecular formula is C13H15NO3. The highest BCUT2D eigenvalue weighted by molar-refractivity contribution is 6.06. The molecule has 0 spiro atoms. The topological polar surface area (TPSA) is 53.2 Å². The molecule has 4 nitrogen and oxygen atoms in total. The summed E-state index contributed by atoms with van der Waals surface area (Å²) >= 11 is 0. The van der Waals surface area contributed by atoms with Gasteiger partial charge < -0.3 is 9.84 Å². The van der Waals surface area contributed by atoms with Crippen molar-refractivity contribution in [2.24, 2.45) is 5.92 Å². The lowest BCUT2D eigenvalue weighted by Crippen LogP contribution is -2.49. The molecule has 0 bridgehead atoms. The number of esters is 1. The molecule has 90 valence electrons. The molecule has 0 unspecified atom stereocenters. The maximum atomic E-state index is 12.1. The Bertz CT molecular complexity index is 493. The number of hydrogen-bond acceptors (Lipinski definition) is 3. The molecule has 2 atom stereocenters. The number of carbonyl (C=O) groups excluding carboxylic acids is 1. The van der Waals surface area contributed by atoms with Gasteiger partial charge in [0.15, 0.2) is 11.9 Å². The highest BCUT2D eigenvalue weighted by Crippen LogP contribution is 2.31. The van der Waals surface area contributed by atoms with Crippen LogP contribution in [0.25, 0.3) is 5.70 Å². The lowest BCUT2D eigenvalue weighted by atomic mass is 9.86. The number of nitrogens with zero attached hydrogens (tertiary/aromatic N) is 1. The van der Waals surface area contributed by atoms with Crippen molar-refractivity contribution in [2.45, 2.75) is 19.8 Å². The van der Waals surface area contributed by atoms with Gasteiger partial charge in [-0.1, -0.05) is 19.9 Å². The number of ether oxygens (including phenoxy) is 1. The van der Waals surface area contributed by atoms with Crippen LogP contribution in [0.5, 0.6) is 0 Å². The summed E-state index contributed by atoms with van der Waals surface area (Å²) in [5.74, 6) is -0.845. The third-order valence-corrected chi connectivity index (χ3v) is 3.37. The highest BCUT2D eigenvalue weighted by atomic mass is 16.5. The summed E-state index contributed by atoms with van der Waals surface area (Å²) in [6, 6.07) is 5.62. The number of aromatic nitrogens is 1. The van der Waals surface area contributed by atoms with Crippen molar-refractivity contribution in [3.05, 3.63) is 35.8 Å². The van der Waals surface area contributed by atoms with E-state index >= 15 is 0 Å². The van der Waals surface area contributed by atoms with Gasteiger partial charge in [0, 0.05) is 18.1 Å². The maximum absolute atomic E-state index is 12.1. The molecule has 4 heteroatoms. The molecule has 0 saturated heterocycles. The average Bonchev–Trinajstić information content (AvgIpc) is 2.36. The Hall–Kier alpha value is -1.84. The minimum Gasteiger partial charge on any atom is -0.871 e. The van der Waals surface area contributed by atoms with Crippen LogP contribution in [0.1, 0.15) is 25.5 Å². The van der Waals surface area contributed by atoms with Gasteiger partial charge in [-0.3, -0.25) is 0 Å². The summed E-state index contributed by atoms with van der Waals surface area (Å²) in [6.07, 6.45) is 1.72. The molecule has 0 fully saturated rings. The van der Waals surface area contributed by atoms with Gasteiger partial charge >= 0.3 is 5.97 Å².